The summed E-state index contributed by atoms with van der Waals surface area (Å²) in [4.78, 5) is 34.4. The van der Waals surface area contributed by atoms with E-state index in [1.807, 2.05) is 12.1 Å². The number of fused-ring (bicyclic) bond motifs is 3. The van der Waals surface area contributed by atoms with Crippen LogP contribution >= 0.6 is 0 Å². The zero-order chi connectivity index (χ0) is 34.4. The van der Waals surface area contributed by atoms with Crippen molar-refractivity contribution in [1.82, 2.24) is 19.9 Å². The van der Waals surface area contributed by atoms with Crippen LogP contribution in [0.2, 0.25) is 0 Å². The van der Waals surface area contributed by atoms with Gasteiger partial charge in [0, 0.05) is 23.3 Å². The van der Waals surface area contributed by atoms with Crippen molar-refractivity contribution in [1.29, 1.82) is 31.6 Å². The van der Waals surface area contributed by atoms with E-state index in [-0.39, 0.29) is 101 Å². The van der Waals surface area contributed by atoms with Crippen molar-refractivity contribution in [2.24, 2.45) is 20.0 Å². The van der Waals surface area contributed by atoms with Gasteiger partial charge in [-0.15, -0.1) is 0 Å². The molecule has 0 saturated carbocycles. The predicted molar refractivity (Wildman–Crippen MR) is 154 cm³/mol. The summed E-state index contributed by atoms with van der Waals surface area (Å²) in [5, 5.41) is 58.1. The largest absolute Gasteiger partial charge is 0.433 e. The van der Waals surface area contributed by atoms with Gasteiger partial charge in [0.1, 0.15) is 52.6 Å². The van der Waals surface area contributed by atoms with Gasteiger partial charge in [-0.1, -0.05) is 0 Å². The molecular weight excluding hydrogens is 634 g/mol. The zero-order valence-electron chi connectivity index (χ0n) is 23.9. The number of nitriles is 6. The number of rotatable bonds is 3. The third kappa shape index (κ3) is 4.67. The molecule has 0 fully saturated rings. The Balaban J connectivity index is 1.52. The highest BCUT2D eigenvalue weighted by Gasteiger charge is 2.24. The molecule has 49 heavy (non-hydrogen) atoms. The zero-order valence-corrected chi connectivity index (χ0v) is 23.9. The van der Waals surface area contributed by atoms with E-state index in [0.717, 1.165) is 12.1 Å². The summed E-state index contributed by atoms with van der Waals surface area (Å²) in [6.07, 6.45) is 0. The average molecular weight is 640 g/mol. The number of hydrogen-bond acceptors (Lipinski definition) is 15. The van der Waals surface area contributed by atoms with Crippen molar-refractivity contribution in [2.45, 2.75) is 0 Å². The van der Waals surface area contributed by atoms with Crippen LogP contribution in [0.3, 0.4) is 0 Å². The first-order valence-electron chi connectivity index (χ1n) is 13.4. The lowest BCUT2D eigenvalue weighted by Gasteiger charge is -2.08. The van der Waals surface area contributed by atoms with Crippen molar-refractivity contribution in [3.63, 3.8) is 0 Å². The maximum absolute atomic E-state index is 14.0. The Morgan fingerprint density at radius 3 is 1.51 bits per heavy atom. The highest BCUT2D eigenvalue weighted by atomic mass is 19.2. The van der Waals surface area contributed by atoms with E-state index in [1.54, 1.807) is 24.3 Å². The fourth-order valence-corrected chi connectivity index (χ4v) is 4.86. The van der Waals surface area contributed by atoms with E-state index in [1.165, 1.54) is 24.3 Å². The number of oxazole rings is 1. The van der Waals surface area contributed by atoms with E-state index in [4.69, 9.17) is 4.42 Å². The minimum absolute atomic E-state index is 0.0371. The van der Waals surface area contributed by atoms with Crippen molar-refractivity contribution < 1.29 is 13.2 Å². The predicted octanol–water partition coefficient (Wildman–Crippen LogP) is 2.06. The van der Waals surface area contributed by atoms with E-state index < -0.39 is 11.6 Å². The topological polar surface area (TPSA) is 257 Å². The van der Waals surface area contributed by atoms with E-state index >= 15 is 0 Å². The normalized spacial score (nSPS) is 11.9. The Morgan fingerprint density at radius 1 is 0.571 bits per heavy atom. The second kappa shape index (κ2) is 11.2. The van der Waals surface area contributed by atoms with Crippen molar-refractivity contribution >= 4 is 11.1 Å². The fraction of sp³-hybridized carbons (Fsp3) is 0. The van der Waals surface area contributed by atoms with E-state index in [9.17, 15) is 40.4 Å². The molecule has 0 amide bonds. The number of hydrogen-bond donors (Lipinski definition) is 0. The smallest absolute Gasteiger partial charge is 0.266 e. The lowest BCUT2D eigenvalue weighted by molar-refractivity contribution is 0.507. The van der Waals surface area contributed by atoms with Crippen molar-refractivity contribution in [3.8, 4) is 70.9 Å². The van der Waals surface area contributed by atoms with Crippen LogP contribution in [0, 0.1) is 79.6 Å². The molecule has 3 aromatic carbocycles. The van der Waals surface area contributed by atoms with Crippen LogP contribution in [0.15, 0.2) is 83.6 Å². The monoisotopic (exact) mass is 640 g/mol. The summed E-state index contributed by atoms with van der Waals surface area (Å²) in [7, 11) is 0. The molecule has 0 saturated heterocycles. The summed E-state index contributed by atoms with van der Waals surface area (Å²) in [6, 6.07) is 18.3. The lowest BCUT2D eigenvalue weighted by Crippen LogP contribution is -2.26. The summed E-state index contributed by atoms with van der Waals surface area (Å²) < 4.78 is 33.6. The Bertz CT molecular complexity index is 2760. The first-order valence-corrected chi connectivity index (χ1v) is 13.4. The maximum Gasteiger partial charge on any atom is 0.266 e. The second-order valence-electron chi connectivity index (χ2n) is 9.79. The third-order valence-electron chi connectivity index (χ3n) is 7.06. The van der Waals surface area contributed by atoms with Gasteiger partial charge in [0.2, 0.25) is 5.82 Å². The Hall–Kier alpha value is -8.38. The highest BCUT2D eigenvalue weighted by Crippen LogP contribution is 2.29. The summed E-state index contributed by atoms with van der Waals surface area (Å²) in [5.41, 5.74) is -0.924. The van der Waals surface area contributed by atoms with Crippen LogP contribution in [0.1, 0.15) is 11.1 Å². The molecule has 0 radical (unpaired) electrons. The van der Waals surface area contributed by atoms with Crippen LogP contribution in [-0.2, 0) is 0 Å². The highest BCUT2D eigenvalue weighted by molar-refractivity contribution is 5.76. The van der Waals surface area contributed by atoms with E-state index in [2.05, 4.69) is 39.9 Å². The van der Waals surface area contributed by atoms with Crippen LogP contribution in [-0.4, -0.2) is 19.9 Å². The van der Waals surface area contributed by atoms with E-state index in [0.29, 0.717) is 0 Å². The van der Waals surface area contributed by atoms with Crippen LogP contribution in [0.5, 0.6) is 0 Å². The van der Waals surface area contributed by atoms with Crippen LogP contribution in [0.4, 0.5) is 8.78 Å². The molecule has 17 heteroatoms. The van der Waals surface area contributed by atoms with Crippen LogP contribution < -0.4 is 21.4 Å². The maximum atomic E-state index is 14.0. The molecular formula is C32H6F2N14O. The van der Waals surface area contributed by atoms with Crippen LogP contribution in [0.25, 0.3) is 45.6 Å². The van der Waals surface area contributed by atoms with Gasteiger partial charge in [-0.3, -0.25) is 0 Å². The fourth-order valence-electron chi connectivity index (χ4n) is 4.86. The average Bonchev–Trinajstić information content (AvgIpc) is 3.85. The Labute approximate surface area is 269 Å². The summed E-state index contributed by atoms with van der Waals surface area (Å²) in [6.45, 7) is 0. The summed E-state index contributed by atoms with van der Waals surface area (Å²) >= 11 is 0. The van der Waals surface area contributed by atoms with Gasteiger partial charge in [-0.05, 0) is 24.3 Å². The molecule has 0 bridgehead atoms. The van der Waals surface area contributed by atoms with Crippen molar-refractivity contribution in [3.05, 3.63) is 103 Å². The van der Waals surface area contributed by atoms with Gasteiger partial charge < -0.3 is 4.42 Å². The summed E-state index contributed by atoms with van der Waals surface area (Å²) in [5.74, 6) is -3.60. The molecule has 2 aromatic heterocycles. The van der Waals surface area contributed by atoms with Gasteiger partial charge in [-0.25, -0.2) is 48.7 Å². The first kappa shape index (κ1) is 29.3. The third-order valence-corrected chi connectivity index (χ3v) is 7.06. The molecule has 4 heterocycles. The van der Waals surface area contributed by atoms with Gasteiger partial charge in [0.15, 0.2) is 51.7 Å². The number of halogens is 2. The number of aromatic nitrogens is 4. The molecule has 0 unspecified atom stereocenters. The van der Waals surface area contributed by atoms with Crippen molar-refractivity contribution in [2.75, 3.05) is 0 Å². The quantitative estimate of drug-likeness (QED) is 0.258. The number of nitrogens with zero attached hydrogens (tertiary/aromatic N) is 14. The Morgan fingerprint density at radius 2 is 1.04 bits per heavy atom. The van der Waals surface area contributed by atoms with Gasteiger partial charge in [0.05, 0.1) is 21.8 Å². The molecule has 7 rings (SSSR count). The van der Waals surface area contributed by atoms with Gasteiger partial charge in [0.25, 0.3) is 5.89 Å². The molecule has 2 aliphatic heterocycles. The Kier molecular flexibility index (Phi) is 6.71. The minimum atomic E-state index is -1.18. The molecule has 2 aliphatic rings. The molecule has 0 atom stereocenters. The lowest BCUT2D eigenvalue weighted by atomic mass is 10.0. The molecule has 5 aromatic rings. The molecule has 0 spiro atoms. The minimum Gasteiger partial charge on any atom is -0.433 e. The first-order chi connectivity index (χ1) is 23.8. The molecule has 0 N–H and O–H groups in total. The SMILES string of the molecule is N#CC(C#N)=C1N=c2ccc(-c3nc(-c4nc5cc(F)c(F)cc5o4)nc(-c4ccc5c(c4C#N)=NC(=C(C#N)C#N)N=5)n3)c(C#N)c2=N1. The molecule has 224 valence electrons. The van der Waals surface area contributed by atoms with Gasteiger partial charge in [-0.2, -0.15) is 31.6 Å². The molecule has 0 aliphatic carbocycles. The number of benzene rings is 3. The van der Waals surface area contributed by atoms with Gasteiger partial charge >= 0.3 is 0 Å². The second-order valence-corrected chi connectivity index (χ2v) is 9.79. The standard InChI is InChI=1S/C32H6F2N14O/c33-19-5-23-24(6-20(19)34)49-32(43-23)31-47-29(15-1-3-21-25(17(15)11-39)44-27(41-21)13(7-35)8-36)46-30(48-31)16-2-4-22-26(18(16)12-40)45-28(42-22)14(9-37)10-38/h1-6H. The molecule has 15 nitrogen and oxygen atoms in total. The number of allylic oxidation sites excluding steroid dienone is 2.